The average molecular weight is 591 g/mol. The van der Waals surface area contributed by atoms with Crippen molar-refractivity contribution >= 4 is 66.2 Å². The SMILES string of the molecule is Cc1ccc(S(=O)(=O)Nc2ccccc2C(=O)Nc2ccc(S(=O)(=O)Nc3cc(Cl)cc(Cl)c3)cc2)cc1. The highest BCUT2D eigenvalue weighted by Crippen LogP contribution is 2.26. The van der Waals surface area contributed by atoms with Crippen LogP contribution >= 0.6 is 23.2 Å². The first-order chi connectivity index (χ1) is 17.9. The van der Waals surface area contributed by atoms with Crippen LogP contribution in [-0.2, 0) is 20.0 Å². The second kappa shape index (κ2) is 11.0. The second-order valence-corrected chi connectivity index (χ2v) is 12.4. The Morgan fingerprint density at radius 3 is 1.79 bits per heavy atom. The predicted molar refractivity (Wildman–Crippen MR) is 150 cm³/mol. The quantitative estimate of drug-likeness (QED) is 0.227. The molecule has 0 aliphatic rings. The van der Waals surface area contributed by atoms with E-state index in [0.717, 1.165) is 5.56 Å². The molecular weight excluding hydrogens is 569 g/mol. The number of halogens is 2. The van der Waals surface area contributed by atoms with Gasteiger partial charge in [-0.05, 0) is 73.7 Å². The first-order valence-electron chi connectivity index (χ1n) is 11.0. The van der Waals surface area contributed by atoms with Gasteiger partial charge in [0.25, 0.3) is 26.0 Å². The van der Waals surface area contributed by atoms with Crippen LogP contribution in [0.2, 0.25) is 10.0 Å². The van der Waals surface area contributed by atoms with Gasteiger partial charge >= 0.3 is 0 Å². The van der Waals surface area contributed by atoms with Gasteiger partial charge in [-0.15, -0.1) is 0 Å². The number of amides is 1. The maximum atomic E-state index is 13.0. The number of carbonyl (C=O) groups is 1. The summed E-state index contributed by atoms with van der Waals surface area (Å²) in [6.07, 6.45) is 0. The van der Waals surface area contributed by atoms with Crippen molar-refractivity contribution in [3.05, 3.63) is 112 Å². The minimum atomic E-state index is -3.96. The van der Waals surface area contributed by atoms with Gasteiger partial charge in [0.1, 0.15) is 0 Å². The fraction of sp³-hybridized carbons (Fsp3) is 0.0385. The molecule has 1 amide bonds. The number of hydrogen-bond acceptors (Lipinski definition) is 5. The first-order valence-corrected chi connectivity index (χ1v) is 14.7. The molecule has 0 atom stereocenters. The lowest BCUT2D eigenvalue weighted by Gasteiger charge is -2.13. The van der Waals surface area contributed by atoms with E-state index in [4.69, 9.17) is 23.2 Å². The minimum absolute atomic E-state index is 0.0575. The van der Waals surface area contributed by atoms with Crippen LogP contribution in [-0.4, -0.2) is 22.7 Å². The van der Waals surface area contributed by atoms with Crippen molar-refractivity contribution in [2.45, 2.75) is 16.7 Å². The second-order valence-electron chi connectivity index (χ2n) is 8.21. The maximum absolute atomic E-state index is 13.0. The molecule has 196 valence electrons. The highest BCUT2D eigenvalue weighted by molar-refractivity contribution is 7.93. The van der Waals surface area contributed by atoms with Crippen molar-refractivity contribution in [1.82, 2.24) is 0 Å². The van der Waals surface area contributed by atoms with Gasteiger partial charge in [-0.2, -0.15) is 0 Å². The van der Waals surface area contributed by atoms with Crippen LogP contribution in [0.15, 0.2) is 101 Å². The van der Waals surface area contributed by atoms with Crippen LogP contribution in [0.3, 0.4) is 0 Å². The molecule has 4 aromatic carbocycles. The lowest BCUT2D eigenvalue weighted by Crippen LogP contribution is -2.18. The third-order valence-corrected chi connectivity index (χ3v) is 8.50. The van der Waals surface area contributed by atoms with E-state index in [-0.39, 0.29) is 36.8 Å². The lowest BCUT2D eigenvalue weighted by atomic mass is 10.1. The number of sulfonamides is 2. The molecule has 0 aromatic heterocycles. The van der Waals surface area contributed by atoms with Gasteiger partial charge in [0, 0.05) is 15.7 Å². The van der Waals surface area contributed by atoms with Crippen molar-refractivity contribution in [3.63, 3.8) is 0 Å². The number of aryl methyl sites for hydroxylation is 1. The van der Waals surface area contributed by atoms with E-state index in [1.807, 2.05) is 6.92 Å². The standard InChI is InChI=1S/C26H21Cl2N3O5S2/c1-17-6-10-22(11-7-17)38(35,36)31-25-5-3-2-4-24(25)26(32)29-20-8-12-23(13-9-20)37(33,34)30-21-15-18(27)14-19(28)16-21/h2-16,30-31H,1H3,(H,29,32). The average Bonchev–Trinajstić information content (AvgIpc) is 2.84. The van der Waals surface area contributed by atoms with Gasteiger partial charge in [-0.25, -0.2) is 16.8 Å². The largest absolute Gasteiger partial charge is 0.322 e. The van der Waals surface area contributed by atoms with E-state index in [2.05, 4.69) is 14.8 Å². The number of rotatable bonds is 8. The molecule has 0 fully saturated rings. The molecule has 0 bridgehead atoms. The zero-order chi connectivity index (χ0) is 27.5. The van der Waals surface area contributed by atoms with Gasteiger partial charge in [0.05, 0.1) is 26.7 Å². The molecule has 3 N–H and O–H groups in total. The molecule has 4 rings (SSSR count). The fourth-order valence-corrected chi connectivity index (χ4v) is 6.08. The number of nitrogens with one attached hydrogen (secondary N) is 3. The van der Waals surface area contributed by atoms with E-state index in [1.165, 1.54) is 66.7 Å². The number of para-hydroxylation sites is 1. The van der Waals surface area contributed by atoms with Crippen molar-refractivity contribution in [3.8, 4) is 0 Å². The van der Waals surface area contributed by atoms with E-state index in [0.29, 0.717) is 5.69 Å². The Balaban J connectivity index is 1.50. The van der Waals surface area contributed by atoms with Gasteiger partial charge in [-0.3, -0.25) is 14.2 Å². The molecule has 0 radical (unpaired) electrons. The van der Waals surface area contributed by atoms with E-state index in [9.17, 15) is 21.6 Å². The van der Waals surface area contributed by atoms with Gasteiger partial charge in [0.15, 0.2) is 0 Å². The van der Waals surface area contributed by atoms with Gasteiger partial charge < -0.3 is 5.32 Å². The zero-order valence-corrected chi connectivity index (χ0v) is 22.9. The van der Waals surface area contributed by atoms with Crippen LogP contribution in [0, 0.1) is 6.92 Å². The number of hydrogen-bond donors (Lipinski definition) is 3. The van der Waals surface area contributed by atoms with E-state index in [1.54, 1.807) is 24.3 Å². The van der Waals surface area contributed by atoms with Crippen LogP contribution in [0.25, 0.3) is 0 Å². The summed E-state index contributed by atoms with van der Waals surface area (Å²) in [5.74, 6) is -0.588. The third kappa shape index (κ3) is 6.65. The Morgan fingerprint density at radius 1 is 0.658 bits per heavy atom. The summed E-state index contributed by atoms with van der Waals surface area (Å²) in [4.78, 5) is 13.0. The maximum Gasteiger partial charge on any atom is 0.261 e. The van der Waals surface area contributed by atoms with Gasteiger partial charge in [-0.1, -0.05) is 53.0 Å². The lowest BCUT2D eigenvalue weighted by molar-refractivity contribution is 0.102. The highest BCUT2D eigenvalue weighted by atomic mass is 35.5. The Labute approximate surface area is 230 Å². The van der Waals surface area contributed by atoms with E-state index >= 15 is 0 Å². The molecule has 12 heteroatoms. The van der Waals surface area contributed by atoms with Crippen LogP contribution in [0.4, 0.5) is 17.1 Å². The van der Waals surface area contributed by atoms with Crippen molar-refractivity contribution in [2.75, 3.05) is 14.8 Å². The summed E-state index contributed by atoms with van der Waals surface area (Å²) >= 11 is 11.9. The van der Waals surface area contributed by atoms with Crippen molar-refractivity contribution < 1.29 is 21.6 Å². The molecule has 0 unspecified atom stereocenters. The molecule has 0 heterocycles. The minimum Gasteiger partial charge on any atom is -0.322 e. The molecule has 0 saturated heterocycles. The first kappa shape index (κ1) is 27.5. The molecule has 8 nitrogen and oxygen atoms in total. The monoisotopic (exact) mass is 589 g/mol. The number of anilines is 3. The Kier molecular flexibility index (Phi) is 7.98. The van der Waals surface area contributed by atoms with Crippen LogP contribution in [0.1, 0.15) is 15.9 Å². The molecule has 4 aromatic rings. The molecular formula is C26H21Cl2N3O5S2. The van der Waals surface area contributed by atoms with Crippen molar-refractivity contribution in [1.29, 1.82) is 0 Å². The number of carbonyl (C=O) groups excluding carboxylic acids is 1. The molecule has 0 aliphatic carbocycles. The Bertz CT molecular complexity index is 1690. The highest BCUT2D eigenvalue weighted by Gasteiger charge is 2.19. The Hall–Kier alpha value is -3.57. The Morgan fingerprint density at radius 2 is 1.18 bits per heavy atom. The zero-order valence-electron chi connectivity index (χ0n) is 19.8. The summed E-state index contributed by atoms with van der Waals surface area (Å²) in [6, 6.07) is 22.2. The van der Waals surface area contributed by atoms with Crippen molar-refractivity contribution in [2.24, 2.45) is 0 Å². The van der Waals surface area contributed by atoms with Crippen LogP contribution < -0.4 is 14.8 Å². The fourth-order valence-electron chi connectivity index (χ4n) is 3.43. The summed E-state index contributed by atoms with van der Waals surface area (Å²) in [7, 11) is -7.89. The molecule has 0 aliphatic heterocycles. The molecule has 38 heavy (non-hydrogen) atoms. The normalized spacial score (nSPS) is 11.6. The number of benzene rings is 4. The third-order valence-electron chi connectivity index (χ3n) is 5.28. The van der Waals surface area contributed by atoms with E-state index < -0.39 is 26.0 Å². The summed E-state index contributed by atoms with van der Waals surface area (Å²) in [5.41, 5.74) is 1.58. The molecule has 0 spiro atoms. The topological polar surface area (TPSA) is 121 Å². The molecule has 0 saturated carbocycles. The van der Waals surface area contributed by atoms with Gasteiger partial charge in [0.2, 0.25) is 0 Å². The van der Waals surface area contributed by atoms with Crippen LogP contribution in [0.5, 0.6) is 0 Å². The summed E-state index contributed by atoms with van der Waals surface area (Å²) in [5, 5.41) is 3.20. The predicted octanol–water partition coefficient (Wildman–Crippen LogP) is 6.16. The smallest absolute Gasteiger partial charge is 0.261 e. The summed E-state index contributed by atoms with van der Waals surface area (Å²) < 4.78 is 56.0. The summed E-state index contributed by atoms with van der Waals surface area (Å²) in [6.45, 7) is 1.84.